The summed E-state index contributed by atoms with van der Waals surface area (Å²) in [4.78, 5) is 0. The maximum atomic E-state index is 2.52. The molecule has 0 heterocycles. The van der Waals surface area contributed by atoms with Crippen LogP contribution in [-0.2, 0) is 23.2 Å². The van der Waals surface area contributed by atoms with Gasteiger partial charge in [-0.3, -0.25) is 0 Å². The molecule has 0 saturated heterocycles. The summed E-state index contributed by atoms with van der Waals surface area (Å²) >= 11 is -0.708. The summed E-state index contributed by atoms with van der Waals surface area (Å²) in [5.74, 6) is 0. The molecule has 0 N–H and O–H groups in total. The Labute approximate surface area is 193 Å². The van der Waals surface area contributed by atoms with Crippen molar-refractivity contribution in [1.29, 1.82) is 0 Å². The van der Waals surface area contributed by atoms with Gasteiger partial charge in [-0.2, -0.15) is 0 Å². The van der Waals surface area contributed by atoms with Crippen molar-refractivity contribution in [2.75, 3.05) is 0 Å². The van der Waals surface area contributed by atoms with Crippen molar-refractivity contribution in [3.8, 4) is 0 Å². The molecular formula is C26H29F2PZr. The van der Waals surface area contributed by atoms with Crippen LogP contribution in [0.1, 0.15) is 59.8 Å². The van der Waals surface area contributed by atoms with Crippen molar-refractivity contribution in [3.05, 3.63) is 91.0 Å². The molecule has 0 aliphatic heterocycles. The molecule has 30 heavy (non-hydrogen) atoms. The van der Waals surface area contributed by atoms with Gasteiger partial charge in [-0.25, -0.2) is 0 Å². The van der Waals surface area contributed by atoms with E-state index in [9.17, 15) is 0 Å². The predicted molar refractivity (Wildman–Crippen MR) is 121 cm³/mol. The second kappa shape index (κ2) is 11.5. The molecule has 2 aromatic rings. The first-order valence-electron chi connectivity index (χ1n) is 10.5. The summed E-state index contributed by atoms with van der Waals surface area (Å²) in [5, 5.41) is 3.21. The fourth-order valence-corrected chi connectivity index (χ4v) is 10.7. The van der Waals surface area contributed by atoms with Gasteiger partial charge in [0.2, 0.25) is 0 Å². The molecule has 0 fully saturated rings. The number of hydrogen-bond donors (Lipinski definition) is 0. The van der Waals surface area contributed by atoms with Gasteiger partial charge in [0.25, 0.3) is 0 Å². The van der Waals surface area contributed by atoms with Crippen molar-refractivity contribution >= 4 is 20.0 Å². The smallest absolute Gasteiger partial charge is 1.00 e. The minimum absolute atomic E-state index is 0. The van der Waals surface area contributed by atoms with Crippen LogP contribution in [0.25, 0.3) is 6.08 Å². The quantitative estimate of drug-likeness (QED) is 0.502. The number of benzene rings is 2. The van der Waals surface area contributed by atoms with Crippen LogP contribution < -0.4 is 14.7 Å². The standard InChI is InChI=1S/C16H14P.C10H15.2FH.Zr/c1-12-6-2-5-9-16(12)17-15-10-13-7-3-4-8-14(13)11-15;1-3-4-7-10-8-5-6-9(10)2;;;/h2-11,17H,1H3;6H,3-5,7H2,1-2H3;2*1H;/q;;;;+2/p-2. The summed E-state index contributed by atoms with van der Waals surface area (Å²) in [7, 11) is 0.807. The number of halogens is 2. The Morgan fingerprint density at radius 3 is 2.50 bits per heavy atom. The third-order valence-electron chi connectivity index (χ3n) is 5.90. The summed E-state index contributed by atoms with van der Waals surface area (Å²) in [6.07, 6.45) is 10.2. The molecule has 2 aliphatic carbocycles. The predicted octanol–water partition coefficient (Wildman–Crippen LogP) is 1.28. The monoisotopic (exact) mass is 500 g/mol. The first-order valence-corrected chi connectivity index (χ1v) is 14.1. The van der Waals surface area contributed by atoms with Crippen LogP contribution in [0.2, 0.25) is 0 Å². The Morgan fingerprint density at radius 1 is 1.00 bits per heavy atom. The van der Waals surface area contributed by atoms with E-state index in [1.165, 1.54) is 42.1 Å². The molecular weight excluding hydrogens is 472 g/mol. The van der Waals surface area contributed by atoms with Crippen molar-refractivity contribution < 1.29 is 32.6 Å². The zero-order chi connectivity index (χ0) is 19.5. The minimum Gasteiger partial charge on any atom is -1.00 e. The van der Waals surface area contributed by atoms with E-state index in [-0.39, 0.29) is 9.41 Å². The number of rotatable bonds is 7. The number of unbranched alkanes of at least 4 members (excludes halogenated alkanes) is 1. The molecule has 0 saturated carbocycles. The van der Waals surface area contributed by atoms with Gasteiger partial charge in [0.05, 0.1) is 0 Å². The Balaban J connectivity index is 0.00000160. The van der Waals surface area contributed by atoms with Gasteiger partial charge in [0.15, 0.2) is 0 Å². The molecule has 2 aliphatic rings. The molecule has 4 rings (SSSR count). The van der Waals surface area contributed by atoms with E-state index < -0.39 is 23.2 Å². The molecule has 0 spiro atoms. The fraction of sp³-hybridized carbons (Fsp3) is 0.308. The van der Waals surface area contributed by atoms with Gasteiger partial charge < -0.3 is 9.41 Å². The molecule has 0 bridgehead atoms. The van der Waals surface area contributed by atoms with Crippen LogP contribution in [0.4, 0.5) is 0 Å². The number of aryl methyl sites for hydroxylation is 1. The van der Waals surface area contributed by atoms with E-state index in [0.29, 0.717) is 3.63 Å². The Kier molecular flexibility index (Phi) is 9.58. The third-order valence-corrected chi connectivity index (χ3v) is 12.5. The van der Waals surface area contributed by atoms with E-state index in [1.54, 1.807) is 22.0 Å². The molecule has 0 aromatic heterocycles. The summed E-state index contributed by atoms with van der Waals surface area (Å²) in [5.41, 5.74) is 7.82. The third kappa shape index (κ3) is 5.35. The van der Waals surface area contributed by atoms with Crippen molar-refractivity contribution in [3.63, 3.8) is 0 Å². The molecule has 0 amide bonds. The molecule has 2 aromatic carbocycles. The molecule has 0 radical (unpaired) electrons. The maximum absolute atomic E-state index is 2.52. The Bertz CT molecular complexity index is 975. The Morgan fingerprint density at radius 2 is 1.73 bits per heavy atom. The van der Waals surface area contributed by atoms with Gasteiger partial charge in [-0.05, 0) is 0 Å². The van der Waals surface area contributed by atoms with Crippen LogP contribution in [0, 0.1) is 6.92 Å². The second-order valence-electron chi connectivity index (χ2n) is 7.90. The van der Waals surface area contributed by atoms with Crippen LogP contribution in [-0.4, -0.2) is 0 Å². The second-order valence-corrected chi connectivity index (χ2v) is 12.9. The van der Waals surface area contributed by atoms with Crippen LogP contribution in [0.15, 0.2) is 74.3 Å². The SMILES string of the molecule is CCCCC1=[C]([Zr+2][CH]2C(Pc3ccccc3C)=Cc3ccccc32)CC=C1C.[F-].[F-]. The number of allylic oxidation sites excluding steroid dienone is 5. The van der Waals surface area contributed by atoms with E-state index in [1.807, 2.05) is 3.28 Å². The van der Waals surface area contributed by atoms with Gasteiger partial charge in [0, 0.05) is 0 Å². The first-order chi connectivity index (χ1) is 13.7. The van der Waals surface area contributed by atoms with Crippen LogP contribution in [0.3, 0.4) is 0 Å². The van der Waals surface area contributed by atoms with Crippen molar-refractivity contribution in [2.24, 2.45) is 0 Å². The maximum Gasteiger partial charge on any atom is -1.00 e. The van der Waals surface area contributed by atoms with Crippen molar-refractivity contribution in [1.82, 2.24) is 0 Å². The summed E-state index contributed by atoms with van der Waals surface area (Å²) in [6.45, 7) is 6.91. The average Bonchev–Trinajstić information content (AvgIpc) is 3.23. The van der Waals surface area contributed by atoms with Crippen LogP contribution in [0.5, 0.6) is 0 Å². The van der Waals surface area contributed by atoms with E-state index >= 15 is 0 Å². The number of fused-ring (bicyclic) bond motifs is 1. The molecule has 2 unspecified atom stereocenters. The van der Waals surface area contributed by atoms with Gasteiger partial charge >= 0.3 is 184 Å². The van der Waals surface area contributed by atoms with E-state index in [4.69, 9.17) is 0 Å². The van der Waals surface area contributed by atoms with E-state index in [2.05, 4.69) is 81.5 Å². The topological polar surface area (TPSA) is 0 Å². The molecule has 0 nitrogen and oxygen atoms in total. The first kappa shape index (κ1) is 25.1. The Hall–Kier alpha value is -1.17. The molecule has 2 atom stereocenters. The van der Waals surface area contributed by atoms with Crippen molar-refractivity contribution in [2.45, 2.75) is 50.1 Å². The number of hydrogen-bond acceptors (Lipinski definition) is 0. The van der Waals surface area contributed by atoms with Gasteiger partial charge in [0.1, 0.15) is 0 Å². The largest absolute Gasteiger partial charge is 1.00 e. The van der Waals surface area contributed by atoms with Crippen LogP contribution >= 0.6 is 8.58 Å². The summed E-state index contributed by atoms with van der Waals surface area (Å²) in [6, 6.07) is 18.1. The average molecular weight is 502 g/mol. The molecule has 4 heteroatoms. The zero-order valence-electron chi connectivity index (χ0n) is 17.9. The van der Waals surface area contributed by atoms with Gasteiger partial charge in [-0.15, -0.1) is 0 Å². The normalized spacial score (nSPS) is 17.2. The zero-order valence-corrected chi connectivity index (χ0v) is 21.4. The van der Waals surface area contributed by atoms with Gasteiger partial charge in [-0.1, -0.05) is 0 Å². The molecule has 156 valence electrons. The minimum atomic E-state index is -0.708. The summed E-state index contributed by atoms with van der Waals surface area (Å²) < 4.78 is 2.57. The van der Waals surface area contributed by atoms with E-state index in [0.717, 1.165) is 8.58 Å². The fourth-order valence-electron chi connectivity index (χ4n) is 4.22.